The average molecular weight is 882 g/mol. The number of nitro benzene ring substituents is 1. The maximum absolute atomic E-state index is 13.9. The molecule has 2 aliphatic heterocycles. The van der Waals surface area contributed by atoms with Gasteiger partial charge in [-0.25, -0.2) is 23.1 Å². The third-order valence-electron chi connectivity index (χ3n) is 12.8. The summed E-state index contributed by atoms with van der Waals surface area (Å²) in [5, 5.41) is 13.6. The molecule has 2 aromatic carbocycles. The minimum absolute atomic E-state index is 0.0226. The minimum atomic E-state index is -4.59. The zero-order valence-corrected chi connectivity index (χ0v) is 35.8. The number of H-pyrrole nitrogens is 1. The molecule has 5 aromatic rings. The van der Waals surface area contributed by atoms with Gasteiger partial charge in [-0.3, -0.25) is 19.8 Å². The maximum atomic E-state index is 13.9. The molecule has 2 N–H and O–H groups in total. The lowest BCUT2D eigenvalue weighted by Crippen LogP contribution is -2.47. The molecule has 17 heteroatoms. The zero-order chi connectivity index (χ0) is 42.8. The van der Waals surface area contributed by atoms with Crippen molar-refractivity contribution in [3.63, 3.8) is 0 Å². The van der Waals surface area contributed by atoms with Gasteiger partial charge in [-0.05, 0) is 91.8 Å². The number of hydrogen-bond donors (Lipinski definition) is 2. The Balaban J connectivity index is 0.926. The number of sulfonamides is 1. The molecular weight excluding hydrogens is 834 g/mol. The summed E-state index contributed by atoms with van der Waals surface area (Å²) in [4.78, 5) is 41.4. The van der Waals surface area contributed by atoms with Crippen LogP contribution in [0.5, 0.6) is 11.5 Å². The molecule has 62 heavy (non-hydrogen) atoms. The van der Waals surface area contributed by atoms with Crippen LogP contribution in [0.15, 0.2) is 89.7 Å². The van der Waals surface area contributed by atoms with E-state index in [0.29, 0.717) is 67.4 Å². The number of fused-ring (bicyclic) bond motifs is 1. The number of nitrogens with zero attached hydrogens (tertiary/aromatic N) is 5. The highest BCUT2D eigenvalue weighted by atomic mass is 35.5. The predicted octanol–water partition coefficient (Wildman–Crippen LogP) is 7.71. The number of rotatable bonds is 13. The molecule has 0 radical (unpaired) electrons. The van der Waals surface area contributed by atoms with Crippen LogP contribution in [0.25, 0.3) is 16.6 Å². The number of aromatic nitrogens is 3. The van der Waals surface area contributed by atoms with Crippen molar-refractivity contribution in [1.29, 1.82) is 0 Å². The van der Waals surface area contributed by atoms with Crippen molar-refractivity contribution < 1.29 is 32.3 Å². The Labute approximate surface area is 364 Å². The van der Waals surface area contributed by atoms with Crippen LogP contribution in [0.2, 0.25) is 5.02 Å². The number of nitrogens with one attached hydrogen (secondary N) is 2. The number of aryl methyl sites for hydroxylation is 1. The van der Waals surface area contributed by atoms with Crippen LogP contribution >= 0.6 is 11.6 Å². The summed E-state index contributed by atoms with van der Waals surface area (Å²) >= 11 is 6.27. The van der Waals surface area contributed by atoms with Gasteiger partial charge < -0.3 is 24.1 Å². The van der Waals surface area contributed by atoms with E-state index in [1.54, 1.807) is 24.5 Å². The number of amides is 1. The smallest absolute Gasteiger partial charge is 0.287 e. The first-order valence-corrected chi connectivity index (χ1v) is 23.0. The summed E-state index contributed by atoms with van der Waals surface area (Å²) in [6.45, 7) is 5.22. The van der Waals surface area contributed by atoms with Gasteiger partial charge >= 0.3 is 0 Å². The van der Waals surface area contributed by atoms with Crippen molar-refractivity contribution in [3.05, 3.63) is 117 Å². The molecule has 1 saturated carbocycles. The van der Waals surface area contributed by atoms with Gasteiger partial charge in [0.2, 0.25) is 0 Å². The number of pyridine rings is 2. The number of benzene rings is 2. The van der Waals surface area contributed by atoms with Gasteiger partial charge in [-0.2, -0.15) is 0 Å². The lowest BCUT2D eigenvalue weighted by atomic mass is 9.59. The summed E-state index contributed by atoms with van der Waals surface area (Å²) in [5.74, 6) is -0.723. The van der Waals surface area contributed by atoms with Crippen LogP contribution in [0.4, 0.5) is 11.4 Å². The van der Waals surface area contributed by atoms with Gasteiger partial charge in [0.25, 0.3) is 21.6 Å². The Kier molecular flexibility index (Phi) is 12.0. The van der Waals surface area contributed by atoms with Gasteiger partial charge in [0.15, 0.2) is 11.4 Å². The third-order valence-corrected chi connectivity index (χ3v) is 14.3. The predicted molar refractivity (Wildman–Crippen MR) is 234 cm³/mol. The van der Waals surface area contributed by atoms with Crippen molar-refractivity contribution in [3.8, 4) is 11.5 Å². The van der Waals surface area contributed by atoms with Crippen LogP contribution in [-0.2, 0) is 25.9 Å². The van der Waals surface area contributed by atoms with Crippen molar-refractivity contribution in [2.45, 2.75) is 62.4 Å². The molecule has 3 fully saturated rings. The lowest BCUT2D eigenvalue weighted by Gasteiger charge is -2.47. The number of aromatic amines is 1. The molecule has 5 heterocycles. The van der Waals surface area contributed by atoms with E-state index in [0.717, 1.165) is 49.0 Å². The average Bonchev–Trinajstić information content (AvgIpc) is 3.74. The molecule has 2 aliphatic carbocycles. The third kappa shape index (κ3) is 9.20. The van der Waals surface area contributed by atoms with Crippen molar-refractivity contribution >= 4 is 55.5 Å². The van der Waals surface area contributed by atoms with Gasteiger partial charge in [0, 0.05) is 67.0 Å². The molecule has 9 rings (SSSR count). The molecule has 0 bridgehead atoms. The largest absolute Gasteiger partial charge is 0.453 e. The number of piperazine rings is 1. The molecule has 1 amide bonds. The number of allylic oxidation sites excluding steroid dienone is 1. The fraction of sp³-hybridized carbons (Fsp3) is 0.400. The number of halogens is 1. The van der Waals surface area contributed by atoms with Gasteiger partial charge in [0.05, 0.1) is 53.8 Å². The van der Waals surface area contributed by atoms with E-state index in [2.05, 4.69) is 41.6 Å². The summed E-state index contributed by atoms with van der Waals surface area (Å²) in [7, 11) is -4.59. The van der Waals surface area contributed by atoms with E-state index in [-0.39, 0.29) is 29.7 Å². The molecule has 2 saturated heterocycles. The van der Waals surface area contributed by atoms with Crippen LogP contribution in [0, 0.1) is 15.5 Å². The summed E-state index contributed by atoms with van der Waals surface area (Å²) in [5.41, 5.74) is 5.70. The van der Waals surface area contributed by atoms with Crippen LogP contribution < -0.4 is 14.4 Å². The molecular formula is C45H48ClN7O8S. The van der Waals surface area contributed by atoms with E-state index in [9.17, 15) is 23.3 Å². The second-order valence-corrected chi connectivity index (χ2v) is 18.8. The first-order chi connectivity index (χ1) is 30.0. The molecule has 4 aliphatic rings. The standard InChI is InChI=1S/C45H48ClN7O8S/c46-34-6-2-30(3-7-34)39-25-45(12-1-13-45)14-10-33(39)28-51-16-18-52(19-17-51)35-23-41(61-37-22-32-11-15-47-43(32)49-27-37)42(48-26-35)44(54)50-62(57,58)38-9-5-31(40(24-38)53(55)56)4-8-36-29-59-20-21-60-36/h2-3,5-7,9,11,15,22-24,26-27,36H,1,4,8,10,12-14,16-21,25,28-29H2,(H,47,49)(H,50,54)/t36-/m0/s1. The Morgan fingerprint density at radius 2 is 1.84 bits per heavy atom. The minimum Gasteiger partial charge on any atom is -0.453 e. The van der Waals surface area contributed by atoms with Crippen LogP contribution in [-0.4, -0.2) is 97.7 Å². The van der Waals surface area contributed by atoms with Crippen LogP contribution in [0.3, 0.4) is 0 Å². The first-order valence-electron chi connectivity index (χ1n) is 21.1. The number of anilines is 1. The van der Waals surface area contributed by atoms with Crippen molar-refractivity contribution in [2.75, 3.05) is 57.4 Å². The first kappa shape index (κ1) is 41.9. The SMILES string of the molecule is O=C(NS(=O)(=O)c1ccc(CC[C@H]2COCCO2)c([N+](=O)[O-])c1)c1ncc(N2CCN(CC3=C(c4ccc(Cl)cc4)CC4(CCC4)CC3)CC2)cc1Oc1cnc2[nH]ccc2c1. The topological polar surface area (TPSA) is 182 Å². The van der Waals surface area contributed by atoms with Crippen LogP contribution in [0.1, 0.15) is 66.6 Å². The Morgan fingerprint density at radius 1 is 1.02 bits per heavy atom. The van der Waals surface area contributed by atoms with Gasteiger partial charge in [-0.1, -0.05) is 41.8 Å². The zero-order valence-electron chi connectivity index (χ0n) is 34.2. The van der Waals surface area contributed by atoms with E-state index in [4.69, 9.17) is 25.8 Å². The summed E-state index contributed by atoms with van der Waals surface area (Å²) in [6, 6.07) is 17.1. The Morgan fingerprint density at radius 3 is 2.58 bits per heavy atom. The van der Waals surface area contributed by atoms with E-state index in [1.807, 2.05) is 18.2 Å². The highest BCUT2D eigenvalue weighted by molar-refractivity contribution is 7.90. The molecule has 1 spiro atoms. The van der Waals surface area contributed by atoms with E-state index >= 15 is 0 Å². The monoisotopic (exact) mass is 881 g/mol. The molecule has 15 nitrogen and oxygen atoms in total. The fourth-order valence-corrected chi connectivity index (χ4v) is 10.2. The molecule has 324 valence electrons. The maximum Gasteiger partial charge on any atom is 0.287 e. The number of carbonyl (C=O) groups is 1. The molecule has 3 aromatic heterocycles. The highest BCUT2D eigenvalue weighted by Gasteiger charge is 2.41. The van der Waals surface area contributed by atoms with E-state index < -0.39 is 25.7 Å². The Hall–Kier alpha value is -5.39. The van der Waals surface area contributed by atoms with Crippen molar-refractivity contribution in [1.82, 2.24) is 24.6 Å². The molecule has 0 unspecified atom stereocenters. The van der Waals surface area contributed by atoms with E-state index in [1.165, 1.54) is 60.7 Å². The number of carbonyl (C=O) groups excluding carboxylic acids is 1. The number of hydrogen-bond acceptors (Lipinski definition) is 12. The number of ether oxygens (including phenoxy) is 3. The number of nitro groups is 1. The lowest BCUT2D eigenvalue weighted by molar-refractivity contribution is -0.385. The summed E-state index contributed by atoms with van der Waals surface area (Å²) in [6.07, 6.45) is 12.7. The Bertz CT molecular complexity index is 2620. The second kappa shape index (κ2) is 17.8. The normalized spacial score (nSPS) is 19.4. The molecule has 1 atom stereocenters. The summed E-state index contributed by atoms with van der Waals surface area (Å²) < 4.78 is 46.7. The highest BCUT2D eigenvalue weighted by Crippen LogP contribution is 2.55. The quantitative estimate of drug-likeness (QED) is 0.0870. The van der Waals surface area contributed by atoms with Crippen molar-refractivity contribution in [2.24, 2.45) is 5.41 Å². The second-order valence-electron chi connectivity index (χ2n) is 16.7. The van der Waals surface area contributed by atoms with Gasteiger partial charge in [-0.15, -0.1) is 0 Å². The van der Waals surface area contributed by atoms with Gasteiger partial charge in [0.1, 0.15) is 11.4 Å². The fourth-order valence-electron chi connectivity index (χ4n) is 9.12.